The Hall–Kier alpha value is -8.98. The van der Waals surface area contributed by atoms with E-state index in [0.717, 1.165) is 107 Å². The van der Waals surface area contributed by atoms with Crippen molar-refractivity contribution in [3.8, 4) is 17.2 Å². The molecule has 3 aliphatic heterocycles. The van der Waals surface area contributed by atoms with E-state index in [0.29, 0.717) is 43.4 Å². The van der Waals surface area contributed by atoms with Crippen LogP contribution in [0.25, 0.3) is 33.4 Å². The monoisotopic (exact) mass is 1440 g/mol. The number of carbonyl (C=O) groups excluding carboxylic acids is 1. The first-order valence-corrected chi connectivity index (χ1v) is 41.9. The number of hydrogen-bond donors (Lipinski definition) is 5. The molecule has 0 unspecified atom stereocenters. The van der Waals surface area contributed by atoms with Gasteiger partial charge in [-0.15, -0.1) is 0 Å². The summed E-state index contributed by atoms with van der Waals surface area (Å²) in [7, 11) is -1.63. The number of benzene rings is 9. The molecule has 0 radical (unpaired) electrons. The van der Waals surface area contributed by atoms with Crippen LogP contribution in [0.3, 0.4) is 0 Å². The van der Waals surface area contributed by atoms with Gasteiger partial charge < -0.3 is 40.3 Å². The minimum atomic E-state index is -1.63. The van der Waals surface area contributed by atoms with Gasteiger partial charge in [0.2, 0.25) is 0 Å². The zero-order valence-corrected chi connectivity index (χ0v) is 64.5. The van der Waals surface area contributed by atoms with Gasteiger partial charge in [-0.3, -0.25) is 14.1 Å². The predicted octanol–water partition coefficient (Wildman–Crippen LogP) is 19.0. The van der Waals surface area contributed by atoms with Gasteiger partial charge in [-0.25, -0.2) is 0 Å². The SMILES string of the molecule is CC(C)(C)C(=O)Oc1ccc(/C(=C(\CCCF)c2ccccc2)c2ccc(C3CCC3)cc2)cc1.CC(C)N1CCN(c2ccc(/C(=C(/CCCO)c3ccccc3)c3ccc(O)cc3)cc2)CC1.C[Si](C)(CN1C[C@H]2CNC[C@H]2C1)c1ccc(/C(=C(/CCCO)c2ccccc2)c2ccc(O)cc2)cc1. The number of phenolic OH excluding ortho intramolecular Hbond substituents is 2. The Morgan fingerprint density at radius 1 is 0.509 bits per heavy atom. The number of allylic oxidation sites excluding steroid dienone is 3. The Balaban J connectivity index is 0.000000159. The maximum absolute atomic E-state index is 13.3. The van der Waals surface area contributed by atoms with E-state index in [1.807, 2.05) is 99.6 Å². The van der Waals surface area contributed by atoms with Crippen LogP contribution in [0.15, 0.2) is 237 Å². The van der Waals surface area contributed by atoms with Crippen LogP contribution in [0.1, 0.15) is 154 Å². The Morgan fingerprint density at radius 2 is 0.896 bits per heavy atom. The van der Waals surface area contributed by atoms with Gasteiger partial charge in [-0.2, -0.15) is 0 Å². The molecule has 10 nitrogen and oxygen atoms in total. The van der Waals surface area contributed by atoms with Crippen molar-refractivity contribution in [1.82, 2.24) is 15.1 Å². The molecular formula is C94H111FN4O6Si. The summed E-state index contributed by atoms with van der Waals surface area (Å²) < 4.78 is 18.9. The van der Waals surface area contributed by atoms with Crippen LogP contribution in [0.2, 0.25) is 13.1 Å². The molecule has 13 rings (SSSR count). The summed E-state index contributed by atoms with van der Waals surface area (Å²) >= 11 is 0. The lowest BCUT2D eigenvalue weighted by Gasteiger charge is -2.38. The highest BCUT2D eigenvalue weighted by Gasteiger charge is 2.39. The van der Waals surface area contributed by atoms with E-state index in [2.05, 4.69) is 180 Å². The first-order valence-electron chi connectivity index (χ1n) is 38.7. The van der Waals surface area contributed by atoms with Crippen molar-refractivity contribution in [2.45, 2.75) is 117 Å². The number of alkyl halides is 1. The molecule has 4 aliphatic rings. The lowest BCUT2D eigenvalue weighted by atomic mass is 9.79. The first-order chi connectivity index (χ1) is 51.4. The topological polar surface area (TPSA) is 129 Å². The second-order valence-electron chi connectivity index (χ2n) is 31.1. The molecule has 0 spiro atoms. The molecule has 0 aromatic heterocycles. The Bertz CT molecular complexity index is 4310. The third kappa shape index (κ3) is 20.6. The number of piperazine rings is 1. The van der Waals surface area contributed by atoms with Crippen LogP contribution in [0.5, 0.6) is 17.2 Å². The molecular weight excluding hydrogens is 1330 g/mol. The second-order valence-corrected chi connectivity index (χ2v) is 35.8. The maximum Gasteiger partial charge on any atom is 0.316 e. The van der Waals surface area contributed by atoms with E-state index in [-0.39, 0.29) is 37.4 Å². The molecule has 2 atom stereocenters. The average molecular weight is 1440 g/mol. The fourth-order valence-electron chi connectivity index (χ4n) is 15.5. The molecule has 4 fully saturated rings. The number of halogens is 1. The summed E-state index contributed by atoms with van der Waals surface area (Å²) in [6.45, 7) is 24.2. The standard InChI is InChI=1S/C32H35FO2.C32H40N2O2Si.C30H36N2O2/c1-32(2,3)31(34)35-28-20-18-27(19-21-28)30(26-16-14-24(15-17-26)23-11-7-12-23)29(13-8-22-33)25-9-5-4-6-10-25;1-37(2,23-34-21-27-19-33-20-28(27)22-34)30-16-12-26(13-17-30)32(25-10-14-29(36)15-11-25)31(9-6-18-35)24-7-4-3-5-8-24;1-23(2)31-18-20-32(21-19-31)27-14-10-25(11-15-27)30(26-12-16-28(34)17-13-26)29(9-6-22-33)24-7-4-3-5-8-24/h4-6,9-10,14-21,23H,7-8,11-13,22H2,1-3H3;3-5,7-8,10-17,27-28,33,35-36H,6,9,18-23H2,1-2H3;3-5,7-8,10-17,23,33-34H,6,9,18-22H2,1-2H3/b30-29+;32-31-;30-29+/t;27-,28+;. The van der Waals surface area contributed by atoms with E-state index in [4.69, 9.17) is 4.74 Å². The number of aromatic hydroxyl groups is 2. The van der Waals surface area contributed by atoms with E-state index in [1.165, 1.54) is 95.9 Å². The van der Waals surface area contributed by atoms with Crippen LogP contribution in [0.4, 0.5) is 10.1 Å². The minimum Gasteiger partial charge on any atom is -0.508 e. The van der Waals surface area contributed by atoms with Crippen LogP contribution in [-0.2, 0) is 4.79 Å². The Morgan fingerprint density at radius 3 is 1.27 bits per heavy atom. The van der Waals surface area contributed by atoms with Crippen LogP contribution in [-0.4, -0.2) is 129 Å². The number of esters is 1. The highest BCUT2D eigenvalue weighted by atomic mass is 28.3. The molecule has 106 heavy (non-hydrogen) atoms. The summed E-state index contributed by atoms with van der Waals surface area (Å²) in [5, 5.41) is 44.1. The molecule has 3 heterocycles. The van der Waals surface area contributed by atoms with E-state index in [1.54, 1.807) is 24.3 Å². The number of aliphatic hydroxyl groups excluding tert-OH is 2. The van der Waals surface area contributed by atoms with Gasteiger partial charge in [0.25, 0.3) is 0 Å². The number of phenols is 2. The summed E-state index contributed by atoms with van der Waals surface area (Å²) in [5.74, 6) is 3.13. The van der Waals surface area contributed by atoms with Crippen LogP contribution < -0.4 is 20.1 Å². The van der Waals surface area contributed by atoms with E-state index in [9.17, 15) is 29.6 Å². The normalized spacial score (nSPS) is 17.0. The number of nitrogens with one attached hydrogen (secondary N) is 1. The third-order valence-electron chi connectivity index (χ3n) is 21.7. The van der Waals surface area contributed by atoms with Gasteiger partial charge >= 0.3 is 5.97 Å². The number of nitrogens with zero attached hydrogens (tertiary/aromatic N) is 3. The Labute approximate surface area is 631 Å². The van der Waals surface area contributed by atoms with Crippen LogP contribution in [0, 0.1) is 17.3 Å². The summed E-state index contributed by atoms with van der Waals surface area (Å²) in [5.41, 5.74) is 19.1. The van der Waals surface area contributed by atoms with E-state index < -0.39 is 13.5 Å². The fraction of sp³-hybridized carbons (Fsp3) is 0.351. The maximum atomic E-state index is 13.3. The molecule has 1 saturated carbocycles. The molecule has 9 aromatic rings. The lowest BCUT2D eigenvalue weighted by molar-refractivity contribution is -0.143. The number of rotatable bonds is 25. The number of anilines is 1. The smallest absolute Gasteiger partial charge is 0.316 e. The quantitative estimate of drug-likeness (QED) is 0.0163. The molecule has 554 valence electrons. The average Bonchev–Trinajstić information content (AvgIpc) is 1.07. The Kier molecular flexibility index (Phi) is 27.6. The van der Waals surface area contributed by atoms with Gasteiger partial charge in [0.15, 0.2) is 0 Å². The van der Waals surface area contributed by atoms with Crippen molar-refractivity contribution in [2.24, 2.45) is 17.3 Å². The highest BCUT2D eigenvalue weighted by Crippen LogP contribution is 2.42. The molecule has 3 saturated heterocycles. The number of carbonyl (C=O) groups is 1. The molecule has 9 aromatic carbocycles. The summed E-state index contributed by atoms with van der Waals surface area (Å²) in [6.07, 6.45) is 9.12. The lowest BCUT2D eigenvalue weighted by Crippen LogP contribution is -2.51. The molecule has 0 amide bonds. The van der Waals surface area contributed by atoms with Crippen molar-refractivity contribution in [3.63, 3.8) is 0 Å². The molecule has 5 N–H and O–H groups in total. The fourth-order valence-corrected chi connectivity index (χ4v) is 18.1. The number of hydrogen-bond acceptors (Lipinski definition) is 10. The van der Waals surface area contributed by atoms with Crippen molar-refractivity contribution >= 4 is 58.4 Å². The van der Waals surface area contributed by atoms with Gasteiger partial charge in [0.1, 0.15) is 17.2 Å². The predicted molar refractivity (Wildman–Crippen MR) is 441 cm³/mol. The highest BCUT2D eigenvalue weighted by molar-refractivity contribution is 6.90. The van der Waals surface area contributed by atoms with Gasteiger partial charge in [-0.1, -0.05) is 213 Å². The number of ether oxygens (including phenoxy) is 1. The van der Waals surface area contributed by atoms with Crippen molar-refractivity contribution in [2.75, 3.05) is 83.3 Å². The third-order valence-corrected chi connectivity index (χ3v) is 24.8. The van der Waals surface area contributed by atoms with Gasteiger partial charge in [-0.05, 0) is 261 Å². The van der Waals surface area contributed by atoms with Gasteiger partial charge in [0.05, 0.1) is 20.2 Å². The van der Waals surface area contributed by atoms with E-state index >= 15 is 0 Å². The van der Waals surface area contributed by atoms with Crippen molar-refractivity contribution < 1.29 is 34.3 Å². The zero-order valence-electron chi connectivity index (χ0n) is 63.5. The molecule has 1 aliphatic carbocycles. The van der Waals surface area contributed by atoms with Crippen molar-refractivity contribution in [3.05, 3.63) is 292 Å². The van der Waals surface area contributed by atoms with Crippen LogP contribution >= 0.6 is 0 Å². The second kappa shape index (κ2) is 37.5. The largest absolute Gasteiger partial charge is 0.508 e. The summed E-state index contributed by atoms with van der Waals surface area (Å²) in [6, 6.07) is 81.5. The number of fused-ring (bicyclic) bond motifs is 1. The number of likely N-dealkylation sites (tertiary alicyclic amines) is 1. The number of aliphatic hydroxyl groups is 2. The van der Waals surface area contributed by atoms with Crippen molar-refractivity contribution in [1.29, 1.82) is 0 Å². The minimum absolute atomic E-state index is 0.153. The van der Waals surface area contributed by atoms with Gasteiger partial charge in [0, 0.05) is 64.2 Å². The molecule has 12 heteroatoms. The summed E-state index contributed by atoms with van der Waals surface area (Å²) in [4.78, 5) is 20.1. The first kappa shape index (κ1) is 78.1. The molecule has 0 bridgehead atoms. The zero-order chi connectivity index (χ0) is 74.6.